The van der Waals surface area contributed by atoms with Crippen LogP contribution in [0.1, 0.15) is 12.5 Å². The van der Waals surface area contributed by atoms with E-state index in [4.69, 9.17) is 4.74 Å². The van der Waals surface area contributed by atoms with Gasteiger partial charge in [0.05, 0.1) is 6.61 Å². The summed E-state index contributed by atoms with van der Waals surface area (Å²) >= 11 is 0. The molecule has 21 heavy (non-hydrogen) atoms. The van der Waals surface area contributed by atoms with E-state index in [9.17, 15) is 4.79 Å². The molecule has 0 atom stereocenters. The van der Waals surface area contributed by atoms with Crippen molar-refractivity contribution < 1.29 is 9.53 Å². The van der Waals surface area contributed by atoms with Gasteiger partial charge in [-0.05, 0) is 31.0 Å². The topological polar surface area (TPSA) is 50.4 Å². The van der Waals surface area contributed by atoms with E-state index >= 15 is 0 Å². The zero-order valence-corrected chi connectivity index (χ0v) is 12.1. The molecule has 0 aliphatic heterocycles. The number of hydrogen-bond donors (Lipinski definition) is 2. The number of carbonyl (C=O) groups is 1. The molecule has 0 bridgehead atoms. The van der Waals surface area contributed by atoms with Gasteiger partial charge in [-0.2, -0.15) is 0 Å². The Morgan fingerprint density at radius 2 is 1.90 bits per heavy atom. The predicted molar refractivity (Wildman–Crippen MR) is 84.8 cm³/mol. The molecule has 2 rings (SSSR count). The van der Waals surface area contributed by atoms with Gasteiger partial charge in [0.1, 0.15) is 5.75 Å². The van der Waals surface area contributed by atoms with Crippen LogP contribution in [0.5, 0.6) is 5.75 Å². The zero-order chi connectivity index (χ0) is 14.9. The van der Waals surface area contributed by atoms with Gasteiger partial charge < -0.3 is 15.4 Å². The number of anilines is 1. The van der Waals surface area contributed by atoms with Gasteiger partial charge in [0, 0.05) is 18.3 Å². The molecule has 0 aromatic heterocycles. The predicted octanol–water partition coefficient (Wildman–Crippen LogP) is 3.45. The van der Waals surface area contributed by atoms with E-state index in [0.717, 1.165) is 17.9 Å². The molecule has 0 unspecified atom stereocenters. The highest BCUT2D eigenvalue weighted by Crippen LogP contribution is 2.16. The lowest BCUT2D eigenvalue weighted by atomic mass is 10.1. The van der Waals surface area contributed by atoms with Gasteiger partial charge in [-0.1, -0.05) is 36.4 Å². The standard InChI is InChI=1S/C17H20N2O2/c1-2-21-16-10-6-9-15(13-16)19-17(20)18-12-11-14-7-4-3-5-8-14/h3-10,13H,2,11-12H2,1H3,(H2,18,19,20). The Hall–Kier alpha value is -2.49. The van der Waals surface area contributed by atoms with Crippen molar-refractivity contribution >= 4 is 11.7 Å². The molecule has 4 nitrogen and oxygen atoms in total. The van der Waals surface area contributed by atoms with Crippen LogP contribution in [0.15, 0.2) is 54.6 Å². The van der Waals surface area contributed by atoms with Gasteiger partial charge in [-0.25, -0.2) is 4.79 Å². The lowest BCUT2D eigenvalue weighted by molar-refractivity contribution is 0.252. The van der Waals surface area contributed by atoms with Gasteiger partial charge in [-0.3, -0.25) is 0 Å². The number of carbonyl (C=O) groups excluding carboxylic acids is 1. The molecule has 0 aliphatic rings. The molecule has 0 fully saturated rings. The fourth-order valence-electron chi connectivity index (χ4n) is 1.97. The highest BCUT2D eigenvalue weighted by atomic mass is 16.5. The monoisotopic (exact) mass is 284 g/mol. The first kappa shape index (κ1) is 14.9. The van der Waals surface area contributed by atoms with Gasteiger partial charge in [0.15, 0.2) is 0 Å². The summed E-state index contributed by atoms with van der Waals surface area (Å²) in [7, 11) is 0. The van der Waals surface area contributed by atoms with Gasteiger partial charge in [0.2, 0.25) is 0 Å². The van der Waals surface area contributed by atoms with Crippen LogP contribution < -0.4 is 15.4 Å². The molecule has 4 heteroatoms. The average Bonchev–Trinajstić information content (AvgIpc) is 2.49. The first-order valence-corrected chi connectivity index (χ1v) is 7.09. The number of amides is 2. The summed E-state index contributed by atoms with van der Waals surface area (Å²) in [4.78, 5) is 11.8. The minimum atomic E-state index is -0.209. The van der Waals surface area contributed by atoms with Crippen LogP contribution in [0.3, 0.4) is 0 Å². The van der Waals surface area contributed by atoms with Crippen molar-refractivity contribution in [3.63, 3.8) is 0 Å². The summed E-state index contributed by atoms with van der Waals surface area (Å²) < 4.78 is 5.40. The Balaban J connectivity index is 1.78. The maximum absolute atomic E-state index is 11.8. The third-order valence-electron chi connectivity index (χ3n) is 2.94. The second-order valence-corrected chi connectivity index (χ2v) is 4.58. The fourth-order valence-corrected chi connectivity index (χ4v) is 1.97. The second-order valence-electron chi connectivity index (χ2n) is 4.58. The van der Waals surface area contributed by atoms with Crippen molar-refractivity contribution in [2.75, 3.05) is 18.5 Å². The minimum absolute atomic E-state index is 0.209. The number of rotatable bonds is 6. The molecule has 2 N–H and O–H groups in total. The highest BCUT2D eigenvalue weighted by Gasteiger charge is 2.02. The second kappa shape index (κ2) is 7.94. The normalized spacial score (nSPS) is 9.95. The van der Waals surface area contributed by atoms with E-state index in [0.29, 0.717) is 13.2 Å². The minimum Gasteiger partial charge on any atom is -0.494 e. The summed E-state index contributed by atoms with van der Waals surface area (Å²) in [5, 5.41) is 5.64. The van der Waals surface area contributed by atoms with Crippen LogP contribution in [0.4, 0.5) is 10.5 Å². The largest absolute Gasteiger partial charge is 0.494 e. The number of benzene rings is 2. The van der Waals surface area contributed by atoms with Crippen LogP contribution in [-0.4, -0.2) is 19.2 Å². The summed E-state index contributed by atoms with van der Waals surface area (Å²) in [5.41, 5.74) is 1.93. The van der Waals surface area contributed by atoms with Crippen molar-refractivity contribution in [1.29, 1.82) is 0 Å². The van der Waals surface area contributed by atoms with Crippen LogP contribution in [0.2, 0.25) is 0 Å². The summed E-state index contributed by atoms with van der Waals surface area (Å²) in [6, 6.07) is 17.2. The Kier molecular flexibility index (Phi) is 5.64. The smallest absolute Gasteiger partial charge is 0.319 e. The van der Waals surface area contributed by atoms with Gasteiger partial charge in [-0.15, -0.1) is 0 Å². The summed E-state index contributed by atoms with van der Waals surface area (Å²) in [6.45, 7) is 3.13. The highest BCUT2D eigenvalue weighted by molar-refractivity contribution is 5.89. The van der Waals surface area contributed by atoms with E-state index in [1.165, 1.54) is 5.56 Å². The quantitative estimate of drug-likeness (QED) is 0.853. The maximum Gasteiger partial charge on any atom is 0.319 e. The van der Waals surface area contributed by atoms with Crippen LogP contribution in [-0.2, 0) is 6.42 Å². The molecule has 0 spiro atoms. The van der Waals surface area contributed by atoms with Crippen molar-refractivity contribution in [1.82, 2.24) is 5.32 Å². The molecule has 0 saturated heterocycles. The molecule has 110 valence electrons. The molecule has 0 heterocycles. The fraction of sp³-hybridized carbons (Fsp3) is 0.235. The first-order valence-electron chi connectivity index (χ1n) is 7.09. The number of nitrogens with one attached hydrogen (secondary N) is 2. The van der Waals surface area contributed by atoms with E-state index < -0.39 is 0 Å². The third kappa shape index (κ3) is 5.18. The van der Waals surface area contributed by atoms with E-state index in [1.54, 1.807) is 6.07 Å². The molecule has 0 radical (unpaired) electrons. The molecule has 0 saturated carbocycles. The van der Waals surface area contributed by atoms with E-state index in [1.807, 2.05) is 55.5 Å². The lowest BCUT2D eigenvalue weighted by Crippen LogP contribution is -2.30. The Labute approximate surface area is 125 Å². The Bertz CT molecular complexity index is 570. The molecule has 2 amide bonds. The number of ether oxygens (including phenoxy) is 1. The summed E-state index contributed by atoms with van der Waals surface area (Å²) in [5.74, 6) is 0.750. The average molecular weight is 284 g/mol. The number of urea groups is 1. The first-order chi connectivity index (χ1) is 10.3. The maximum atomic E-state index is 11.8. The van der Waals surface area contributed by atoms with Crippen LogP contribution >= 0.6 is 0 Å². The van der Waals surface area contributed by atoms with Crippen molar-refractivity contribution in [3.8, 4) is 5.75 Å². The Morgan fingerprint density at radius 1 is 1.10 bits per heavy atom. The van der Waals surface area contributed by atoms with E-state index in [-0.39, 0.29) is 6.03 Å². The molecule has 2 aromatic rings. The zero-order valence-electron chi connectivity index (χ0n) is 12.1. The Morgan fingerprint density at radius 3 is 2.67 bits per heavy atom. The summed E-state index contributed by atoms with van der Waals surface area (Å²) in [6.07, 6.45) is 0.813. The van der Waals surface area contributed by atoms with Crippen LogP contribution in [0, 0.1) is 0 Å². The number of hydrogen-bond acceptors (Lipinski definition) is 2. The molecule has 0 aliphatic carbocycles. The van der Waals surface area contributed by atoms with Crippen molar-refractivity contribution in [2.24, 2.45) is 0 Å². The van der Waals surface area contributed by atoms with Crippen LogP contribution in [0.25, 0.3) is 0 Å². The van der Waals surface area contributed by atoms with Crippen molar-refractivity contribution in [3.05, 3.63) is 60.2 Å². The van der Waals surface area contributed by atoms with Gasteiger partial charge in [0.25, 0.3) is 0 Å². The van der Waals surface area contributed by atoms with Crippen molar-refractivity contribution in [2.45, 2.75) is 13.3 Å². The molecular weight excluding hydrogens is 264 g/mol. The van der Waals surface area contributed by atoms with E-state index in [2.05, 4.69) is 10.6 Å². The lowest BCUT2D eigenvalue weighted by Gasteiger charge is -2.09. The SMILES string of the molecule is CCOc1cccc(NC(=O)NCCc2ccccc2)c1. The third-order valence-corrected chi connectivity index (χ3v) is 2.94. The van der Waals surface area contributed by atoms with Gasteiger partial charge >= 0.3 is 6.03 Å². The molecule has 2 aromatic carbocycles. The molecular formula is C17H20N2O2.